The molecule has 14 atom stereocenters. The Balaban J connectivity index is 0.815. The molecule has 6 saturated carbocycles. The fourth-order valence-corrected chi connectivity index (χ4v) is 17.8. The molecule has 8 aliphatic carbocycles. The summed E-state index contributed by atoms with van der Waals surface area (Å²) in [6.07, 6.45) is 44.2. The molecule has 6 fully saturated rings. The van der Waals surface area contributed by atoms with E-state index in [0.29, 0.717) is 22.0 Å². The van der Waals surface area contributed by atoms with Crippen LogP contribution in [0, 0.1) is 69.0 Å². The van der Waals surface area contributed by atoms with Gasteiger partial charge in [0.15, 0.2) is 0 Å². The van der Waals surface area contributed by atoms with Gasteiger partial charge in [-0.3, -0.25) is 0 Å². The first-order valence-electron chi connectivity index (χ1n) is 28.2. The number of hydrogen-bond donors (Lipinski definition) is 0. The van der Waals surface area contributed by atoms with Crippen LogP contribution in [0.25, 0.3) is 0 Å². The van der Waals surface area contributed by atoms with Gasteiger partial charge in [-0.15, -0.1) is 0 Å². The van der Waals surface area contributed by atoms with Crippen molar-refractivity contribution in [2.75, 3.05) is 0 Å². The third-order valence-corrected chi connectivity index (χ3v) is 22.0. The van der Waals surface area contributed by atoms with Crippen LogP contribution in [0.1, 0.15) is 248 Å². The lowest BCUT2D eigenvalue weighted by atomic mass is 9.47. The maximum atomic E-state index is 13.7. The van der Waals surface area contributed by atoms with E-state index >= 15 is 0 Å². The number of carbonyl (C=O) groups excluding carboxylic acids is 2. The Labute approximate surface area is 393 Å². The number of rotatable bonds is 18. The van der Waals surface area contributed by atoms with E-state index in [4.69, 9.17) is 9.47 Å². The molecule has 0 heterocycles. The van der Waals surface area contributed by atoms with E-state index in [0.717, 1.165) is 85.9 Å². The summed E-state index contributed by atoms with van der Waals surface area (Å²) in [6.45, 7) is 18.7. The number of allylic oxidation sites excluding steroid dienone is 2. The maximum absolute atomic E-state index is 13.7. The van der Waals surface area contributed by atoms with Crippen molar-refractivity contribution in [2.24, 2.45) is 69.0 Å². The maximum Gasteiger partial charge on any atom is 0.334 e. The molecule has 0 aromatic heterocycles. The van der Waals surface area contributed by atoms with Crippen LogP contribution in [-0.4, -0.2) is 24.1 Å². The molecule has 0 aromatic rings. The molecule has 0 spiro atoms. The van der Waals surface area contributed by atoms with Crippen LogP contribution in [-0.2, 0) is 19.1 Å². The number of fused-ring (bicyclic) bond motifs is 10. The van der Waals surface area contributed by atoms with Gasteiger partial charge in [-0.1, -0.05) is 142 Å². The van der Waals surface area contributed by atoms with Crippen LogP contribution in [0.5, 0.6) is 0 Å². The number of esters is 2. The standard InChI is InChI=1S/C60H96O4/c1-9-11-13-15-17-19-21-43-25-29-51-49-27-23-45-39-47(31-35-59(45,7)53(49)33-37-57(43,51)5)63-55(61)41(3)42(4)56(62)64-48-32-36-60(8)46(40-48)24-28-50-52-30-26-44(22-20-18-16-14-12-10-2)58(52,6)38-34-54(50)60/h23-24,43-44,47-54H,9-22,25-40H2,1-8H3/t43?,44?,47-,48+,49?,50?,51?,52?,53?,54?,57+,58-,59-,60+. The van der Waals surface area contributed by atoms with Crippen molar-refractivity contribution < 1.29 is 19.1 Å². The largest absolute Gasteiger partial charge is 0.459 e. The average molecular weight is 881 g/mol. The SMILES string of the molecule is CCCCCCCCC1CCC2C3CC=C4C[C@H](OC(=O)C(C)=C(C)C(=O)O[C@H]5CC[C@@]6(C)C(=CCC7C8CCC(CCCCCCCC)[C@@]8(C)CCC76)C5)CC[C@@]4(C)C3CC[C@@]12C. The van der Waals surface area contributed by atoms with Gasteiger partial charge in [0.2, 0.25) is 0 Å². The number of hydrogen-bond acceptors (Lipinski definition) is 4. The first-order valence-corrected chi connectivity index (χ1v) is 28.2. The van der Waals surface area contributed by atoms with Gasteiger partial charge in [-0.05, 0) is 186 Å². The molecule has 0 saturated heterocycles. The highest BCUT2D eigenvalue weighted by Crippen LogP contribution is 2.68. The van der Waals surface area contributed by atoms with Crippen LogP contribution in [0.2, 0.25) is 0 Å². The summed E-state index contributed by atoms with van der Waals surface area (Å²) < 4.78 is 12.5. The summed E-state index contributed by atoms with van der Waals surface area (Å²) in [5.41, 5.74) is 5.43. The minimum atomic E-state index is -0.337. The van der Waals surface area contributed by atoms with E-state index < -0.39 is 0 Å². The minimum Gasteiger partial charge on any atom is -0.459 e. The second-order valence-electron chi connectivity index (χ2n) is 25.1. The molecule has 0 N–H and O–H groups in total. The van der Waals surface area contributed by atoms with E-state index in [1.165, 1.54) is 154 Å². The zero-order valence-corrected chi connectivity index (χ0v) is 42.8. The third-order valence-electron chi connectivity index (χ3n) is 22.0. The lowest BCUT2D eigenvalue weighted by Gasteiger charge is -2.58. The molecule has 0 radical (unpaired) electrons. The van der Waals surface area contributed by atoms with E-state index in [1.807, 2.05) is 0 Å². The van der Waals surface area contributed by atoms with Crippen molar-refractivity contribution in [2.45, 2.75) is 260 Å². The van der Waals surface area contributed by atoms with Gasteiger partial charge in [0.05, 0.1) is 0 Å². The first-order chi connectivity index (χ1) is 30.8. The molecule has 8 aliphatic rings. The summed E-state index contributed by atoms with van der Waals surface area (Å²) in [4.78, 5) is 27.4. The van der Waals surface area contributed by atoms with Crippen molar-refractivity contribution in [3.8, 4) is 0 Å². The second kappa shape index (κ2) is 20.4. The fraction of sp³-hybridized carbons (Fsp3) is 0.867. The highest BCUT2D eigenvalue weighted by atomic mass is 16.5. The smallest absolute Gasteiger partial charge is 0.334 e. The Bertz CT molecular complexity index is 1610. The zero-order valence-electron chi connectivity index (χ0n) is 42.8. The molecular weight excluding hydrogens is 785 g/mol. The predicted octanol–water partition coefficient (Wildman–Crippen LogP) is 16.8. The normalized spacial score (nSPS) is 41.5. The molecule has 360 valence electrons. The molecule has 8 unspecified atom stereocenters. The van der Waals surface area contributed by atoms with Crippen LogP contribution < -0.4 is 0 Å². The molecule has 0 aliphatic heterocycles. The molecule has 0 aromatic carbocycles. The Morgan fingerprint density at radius 1 is 0.500 bits per heavy atom. The third kappa shape index (κ3) is 9.34. The molecule has 0 amide bonds. The van der Waals surface area contributed by atoms with Crippen LogP contribution in [0.4, 0.5) is 0 Å². The highest BCUT2D eigenvalue weighted by molar-refractivity contribution is 5.99. The van der Waals surface area contributed by atoms with Crippen molar-refractivity contribution in [3.63, 3.8) is 0 Å². The monoisotopic (exact) mass is 881 g/mol. The predicted molar refractivity (Wildman–Crippen MR) is 265 cm³/mol. The molecule has 64 heavy (non-hydrogen) atoms. The van der Waals surface area contributed by atoms with E-state index in [2.05, 4.69) is 53.7 Å². The van der Waals surface area contributed by atoms with Gasteiger partial charge in [0.1, 0.15) is 12.2 Å². The first kappa shape index (κ1) is 48.6. The number of ether oxygens (including phenoxy) is 2. The number of carbonyl (C=O) groups is 2. The molecule has 4 nitrogen and oxygen atoms in total. The van der Waals surface area contributed by atoms with Gasteiger partial charge in [0.25, 0.3) is 0 Å². The zero-order chi connectivity index (χ0) is 45.3. The quantitative estimate of drug-likeness (QED) is 0.0596. The van der Waals surface area contributed by atoms with E-state index in [-0.39, 0.29) is 35.0 Å². The van der Waals surface area contributed by atoms with Gasteiger partial charge in [0, 0.05) is 24.0 Å². The minimum absolute atomic E-state index is 0.115. The highest BCUT2D eigenvalue weighted by Gasteiger charge is 2.60. The second-order valence-corrected chi connectivity index (χ2v) is 25.1. The van der Waals surface area contributed by atoms with Crippen molar-refractivity contribution >= 4 is 11.9 Å². The molecule has 8 rings (SSSR count). The average Bonchev–Trinajstić information content (AvgIpc) is 3.81. The Hall–Kier alpha value is -1.84. The fourth-order valence-electron chi connectivity index (χ4n) is 17.8. The Kier molecular flexibility index (Phi) is 15.5. The number of unbranched alkanes of at least 4 members (excludes halogenated alkanes) is 10. The molecule has 0 bridgehead atoms. The lowest BCUT2D eigenvalue weighted by molar-refractivity contribution is -0.150. The molecule has 4 heteroatoms. The molecular formula is C60H96O4. The summed E-state index contributed by atoms with van der Waals surface area (Å²) in [7, 11) is 0. The van der Waals surface area contributed by atoms with Gasteiger partial charge >= 0.3 is 11.9 Å². The summed E-state index contributed by atoms with van der Waals surface area (Å²) in [6, 6.07) is 0. The topological polar surface area (TPSA) is 52.6 Å². The Morgan fingerprint density at radius 3 is 1.30 bits per heavy atom. The van der Waals surface area contributed by atoms with E-state index in [9.17, 15) is 9.59 Å². The van der Waals surface area contributed by atoms with E-state index in [1.54, 1.807) is 25.0 Å². The summed E-state index contributed by atoms with van der Waals surface area (Å²) >= 11 is 0. The van der Waals surface area contributed by atoms with Crippen molar-refractivity contribution in [1.82, 2.24) is 0 Å². The van der Waals surface area contributed by atoms with Crippen LogP contribution in [0.3, 0.4) is 0 Å². The van der Waals surface area contributed by atoms with Crippen LogP contribution in [0.15, 0.2) is 34.4 Å². The Morgan fingerprint density at radius 2 is 0.891 bits per heavy atom. The van der Waals surface area contributed by atoms with Gasteiger partial charge < -0.3 is 9.47 Å². The van der Waals surface area contributed by atoms with Crippen molar-refractivity contribution in [1.29, 1.82) is 0 Å². The van der Waals surface area contributed by atoms with Gasteiger partial charge in [-0.25, -0.2) is 9.59 Å². The lowest BCUT2D eigenvalue weighted by Crippen LogP contribution is -2.50. The summed E-state index contributed by atoms with van der Waals surface area (Å²) in [5.74, 6) is 6.05. The van der Waals surface area contributed by atoms with Crippen LogP contribution >= 0.6 is 0 Å². The van der Waals surface area contributed by atoms with Crippen molar-refractivity contribution in [3.05, 3.63) is 34.4 Å². The summed E-state index contributed by atoms with van der Waals surface area (Å²) in [5, 5.41) is 0. The van der Waals surface area contributed by atoms with Gasteiger partial charge in [-0.2, -0.15) is 0 Å².